The predicted molar refractivity (Wildman–Crippen MR) is 85.7 cm³/mol. The SMILES string of the molecule is C(=C\c1ccccc1)/CN1CCN(C2CCCC2)CC1. The highest BCUT2D eigenvalue weighted by Gasteiger charge is 2.25. The van der Waals surface area contributed by atoms with Crippen LogP contribution in [0.25, 0.3) is 6.08 Å². The lowest BCUT2D eigenvalue weighted by molar-refractivity contribution is 0.105. The van der Waals surface area contributed by atoms with Gasteiger partial charge < -0.3 is 0 Å². The third kappa shape index (κ3) is 3.71. The predicted octanol–water partition coefficient (Wildman–Crippen LogP) is 3.26. The van der Waals surface area contributed by atoms with Gasteiger partial charge in [0.15, 0.2) is 0 Å². The van der Waals surface area contributed by atoms with Crippen molar-refractivity contribution >= 4 is 6.08 Å². The van der Waals surface area contributed by atoms with Crippen LogP contribution in [0.15, 0.2) is 36.4 Å². The van der Waals surface area contributed by atoms with Gasteiger partial charge in [-0.3, -0.25) is 9.80 Å². The molecule has 0 aromatic heterocycles. The van der Waals surface area contributed by atoms with Gasteiger partial charge >= 0.3 is 0 Å². The zero-order valence-corrected chi connectivity index (χ0v) is 12.4. The lowest BCUT2D eigenvalue weighted by Crippen LogP contribution is -2.49. The summed E-state index contributed by atoms with van der Waals surface area (Å²) in [4.78, 5) is 5.30. The lowest BCUT2D eigenvalue weighted by atomic mass is 10.1. The summed E-state index contributed by atoms with van der Waals surface area (Å²) < 4.78 is 0. The van der Waals surface area contributed by atoms with Gasteiger partial charge in [-0.2, -0.15) is 0 Å². The van der Waals surface area contributed by atoms with Crippen LogP contribution in [0.2, 0.25) is 0 Å². The maximum atomic E-state index is 2.73. The number of rotatable bonds is 4. The van der Waals surface area contributed by atoms with Gasteiger partial charge in [0.05, 0.1) is 0 Å². The zero-order valence-electron chi connectivity index (χ0n) is 12.4. The molecule has 1 aliphatic carbocycles. The van der Waals surface area contributed by atoms with E-state index >= 15 is 0 Å². The van der Waals surface area contributed by atoms with E-state index in [0.717, 1.165) is 12.6 Å². The maximum Gasteiger partial charge on any atom is 0.0167 e. The second kappa shape index (κ2) is 7.05. The summed E-state index contributed by atoms with van der Waals surface area (Å²) in [6.07, 6.45) is 10.3. The van der Waals surface area contributed by atoms with Crippen LogP contribution in [-0.4, -0.2) is 48.6 Å². The topological polar surface area (TPSA) is 6.48 Å². The Kier molecular flexibility index (Phi) is 4.88. The maximum absolute atomic E-state index is 2.73. The molecule has 0 amide bonds. The molecule has 0 spiro atoms. The molecule has 0 bridgehead atoms. The summed E-state index contributed by atoms with van der Waals surface area (Å²) in [5.41, 5.74) is 1.30. The fourth-order valence-electron chi connectivity index (χ4n) is 3.48. The smallest absolute Gasteiger partial charge is 0.0167 e. The van der Waals surface area contributed by atoms with Gasteiger partial charge in [0.1, 0.15) is 0 Å². The third-order valence-corrected chi connectivity index (χ3v) is 4.72. The van der Waals surface area contributed by atoms with Gasteiger partial charge in [-0.15, -0.1) is 0 Å². The van der Waals surface area contributed by atoms with Gasteiger partial charge in [0.25, 0.3) is 0 Å². The van der Waals surface area contributed by atoms with Crippen LogP contribution >= 0.6 is 0 Å². The van der Waals surface area contributed by atoms with E-state index in [1.807, 2.05) is 0 Å². The van der Waals surface area contributed by atoms with Gasteiger partial charge in [0.2, 0.25) is 0 Å². The molecule has 2 fully saturated rings. The first-order chi connectivity index (χ1) is 9.92. The van der Waals surface area contributed by atoms with E-state index < -0.39 is 0 Å². The number of hydrogen-bond acceptors (Lipinski definition) is 2. The average molecular weight is 270 g/mol. The Morgan fingerprint density at radius 2 is 1.65 bits per heavy atom. The summed E-state index contributed by atoms with van der Waals surface area (Å²) in [5, 5.41) is 0. The third-order valence-electron chi connectivity index (χ3n) is 4.72. The quantitative estimate of drug-likeness (QED) is 0.828. The van der Waals surface area contributed by atoms with Gasteiger partial charge in [-0.1, -0.05) is 55.3 Å². The van der Waals surface area contributed by atoms with E-state index in [0.29, 0.717) is 0 Å². The molecule has 1 heterocycles. The van der Waals surface area contributed by atoms with Crippen molar-refractivity contribution in [2.45, 2.75) is 31.7 Å². The molecule has 1 aromatic carbocycles. The zero-order chi connectivity index (χ0) is 13.6. The molecule has 0 unspecified atom stereocenters. The largest absolute Gasteiger partial charge is 0.298 e. The summed E-state index contributed by atoms with van der Waals surface area (Å²) >= 11 is 0. The van der Waals surface area contributed by atoms with Crippen LogP contribution < -0.4 is 0 Å². The van der Waals surface area contributed by atoms with Crippen molar-refractivity contribution in [1.29, 1.82) is 0 Å². The van der Waals surface area contributed by atoms with Gasteiger partial charge in [0, 0.05) is 38.8 Å². The number of benzene rings is 1. The molecule has 2 aliphatic rings. The molecule has 0 N–H and O–H groups in total. The monoisotopic (exact) mass is 270 g/mol. The molecular weight excluding hydrogens is 244 g/mol. The molecule has 1 aliphatic heterocycles. The van der Waals surface area contributed by atoms with Crippen LogP contribution in [0, 0.1) is 0 Å². The molecule has 0 radical (unpaired) electrons. The van der Waals surface area contributed by atoms with Crippen LogP contribution in [0.4, 0.5) is 0 Å². The highest BCUT2D eigenvalue weighted by Crippen LogP contribution is 2.24. The standard InChI is InChI=1S/C18H26N2/c1-2-7-17(8-3-1)9-6-12-19-13-15-20(16-14-19)18-10-4-5-11-18/h1-3,6-9,18H,4-5,10-16H2/b9-6+. The van der Waals surface area contributed by atoms with E-state index in [4.69, 9.17) is 0 Å². The van der Waals surface area contributed by atoms with E-state index in [9.17, 15) is 0 Å². The fraction of sp³-hybridized carbons (Fsp3) is 0.556. The van der Waals surface area contributed by atoms with Crippen LogP contribution in [-0.2, 0) is 0 Å². The van der Waals surface area contributed by atoms with E-state index in [1.165, 1.54) is 57.4 Å². The van der Waals surface area contributed by atoms with Crippen molar-refractivity contribution in [2.75, 3.05) is 32.7 Å². The van der Waals surface area contributed by atoms with Crippen molar-refractivity contribution in [2.24, 2.45) is 0 Å². The number of piperazine rings is 1. The van der Waals surface area contributed by atoms with E-state index in [2.05, 4.69) is 52.3 Å². The van der Waals surface area contributed by atoms with Crippen LogP contribution in [0.1, 0.15) is 31.2 Å². The van der Waals surface area contributed by atoms with Crippen molar-refractivity contribution < 1.29 is 0 Å². The molecule has 1 saturated carbocycles. The minimum absolute atomic E-state index is 0.900. The summed E-state index contributed by atoms with van der Waals surface area (Å²) in [7, 11) is 0. The van der Waals surface area contributed by atoms with Crippen LogP contribution in [0.5, 0.6) is 0 Å². The van der Waals surface area contributed by atoms with Gasteiger partial charge in [-0.05, 0) is 18.4 Å². The molecule has 108 valence electrons. The Hall–Kier alpha value is -1.12. The number of nitrogens with zero attached hydrogens (tertiary/aromatic N) is 2. The molecule has 2 heteroatoms. The van der Waals surface area contributed by atoms with E-state index in [1.54, 1.807) is 0 Å². The summed E-state index contributed by atoms with van der Waals surface area (Å²) in [6, 6.07) is 11.5. The highest BCUT2D eigenvalue weighted by atomic mass is 15.3. The Morgan fingerprint density at radius 3 is 2.35 bits per heavy atom. The average Bonchev–Trinajstić information content (AvgIpc) is 3.03. The Bertz CT molecular complexity index is 412. The Morgan fingerprint density at radius 1 is 0.950 bits per heavy atom. The summed E-state index contributed by atoms with van der Waals surface area (Å²) in [5.74, 6) is 0. The fourth-order valence-corrected chi connectivity index (χ4v) is 3.48. The normalized spacial score (nSPS) is 22.8. The second-order valence-corrected chi connectivity index (χ2v) is 6.09. The molecule has 1 saturated heterocycles. The van der Waals surface area contributed by atoms with Crippen LogP contribution in [0.3, 0.4) is 0 Å². The Labute approximate surface area is 123 Å². The minimum Gasteiger partial charge on any atom is -0.298 e. The number of hydrogen-bond donors (Lipinski definition) is 0. The first-order valence-electron chi connectivity index (χ1n) is 8.10. The van der Waals surface area contributed by atoms with Crippen molar-refractivity contribution in [3.8, 4) is 0 Å². The minimum atomic E-state index is 0.900. The van der Waals surface area contributed by atoms with Crippen molar-refractivity contribution in [3.05, 3.63) is 42.0 Å². The van der Waals surface area contributed by atoms with Crippen molar-refractivity contribution in [1.82, 2.24) is 9.80 Å². The first kappa shape index (κ1) is 13.8. The van der Waals surface area contributed by atoms with Crippen molar-refractivity contribution in [3.63, 3.8) is 0 Å². The molecule has 2 nitrogen and oxygen atoms in total. The van der Waals surface area contributed by atoms with E-state index in [-0.39, 0.29) is 0 Å². The first-order valence-corrected chi connectivity index (χ1v) is 8.10. The molecule has 3 rings (SSSR count). The molecule has 0 atom stereocenters. The molecule has 1 aromatic rings. The lowest BCUT2D eigenvalue weighted by Gasteiger charge is -2.37. The molecule has 20 heavy (non-hydrogen) atoms. The summed E-state index contributed by atoms with van der Waals surface area (Å²) in [6.45, 7) is 6.09. The second-order valence-electron chi connectivity index (χ2n) is 6.09. The van der Waals surface area contributed by atoms with Gasteiger partial charge in [-0.25, -0.2) is 0 Å². The molecular formula is C18H26N2. The highest BCUT2D eigenvalue weighted by molar-refractivity contribution is 5.48. The Balaban J connectivity index is 1.41.